The van der Waals surface area contributed by atoms with Gasteiger partial charge in [0, 0.05) is 30.9 Å². The van der Waals surface area contributed by atoms with Crippen LogP contribution < -0.4 is 9.62 Å². The molecule has 0 heterocycles. The van der Waals surface area contributed by atoms with E-state index in [4.69, 9.17) is 4.74 Å². The van der Waals surface area contributed by atoms with Gasteiger partial charge in [0.1, 0.15) is 11.0 Å². The lowest BCUT2D eigenvalue weighted by Crippen LogP contribution is -2.35. The number of rotatable bonds is 13. The summed E-state index contributed by atoms with van der Waals surface area (Å²) in [4.78, 5) is 3.10. The average molecular weight is 454 g/mol. The van der Waals surface area contributed by atoms with E-state index in [1.54, 1.807) is 0 Å². The number of nitrogens with zero attached hydrogens (tertiary/aromatic N) is 2. The Morgan fingerprint density at radius 1 is 1.12 bits per heavy atom. The molecule has 0 unspecified atom stereocenters. The van der Waals surface area contributed by atoms with Crippen LogP contribution in [0.25, 0.3) is 16.8 Å². The third-order valence-electron chi connectivity index (χ3n) is 5.22. The highest BCUT2D eigenvalue weighted by Crippen LogP contribution is 2.26. The monoisotopic (exact) mass is 453 g/mol. The second-order valence-electron chi connectivity index (χ2n) is 9.16. The number of hydrogen-bond donors (Lipinski definition) is 1. The van der Waals surface area contributed by atoms with Gasteiger partial charge in [-0.15, -0.1) is 0 Å². The number of anilines is 1. The molecule has 2 aromatic rings. The molecule has 174 valence electrons. The molecule has 4 nitrogen and oxygen atoms in total. The minimum absolute atomic E-state index is 0.127. The van der Waals surface area contributed by atoms with E-state index in [-0.39, 0.29) is 11.6 Å². The van der Waals surface area contributed by atoms with Crippen molar-refractivity contribution in [3.05, 3.63) is 46.9 Å². The average Bonchev–Trinajstić information content (AvgIpc) is 2.75. The Balaban J connectivity index is 2.10. The minimum atomic E-state index is -0.127. The van der Waals surface area contributed by atoms with Gasteiger partial charge in [-0.1, -0.05) is 32.0 Å². The molecule has 0 saturated heterocycles. The maximum absolute atomic E-state index is 9.64. The zero-order valence-electron chi connectivity index (χ0n) is 20.6. The molecule has 2 rings (SSSR count). The zero-order chi connectivity index (χ0) is 23.6. The fourth-order valence-corrected chi connectivity index (χ4v) is 4.21. The number of nitriles is 1. The summed E-state index contributed by atoms with van der Waals surface area (Å²) < 4.78 is 9.09. The summed E-state index contributed by atoms with van der Waals surface area (Å²) in [6.07, 6.45) is 5.35. The van der Waals surface area contributed by atoms with Crippen molar-refractivity contribution in [3.8, 4) is 6.07 Å². The summed E-state index contributed by atoms with van der Waals surface area (Å²) in [5.41, 5.74) is 2.19. The Morgan fingerprint density at radius 3 is 2.41 bits per heavy atom. The van der Waals surface area contributed by atoms with Crippen LogP contribution >= 0.6 is 11.9 Å². The molecular weight excluding hydrogens is 414 g/mol. The van der Waals surface area contributed by atoms with Crippen molar-refractivity contribution < 1.29 is 4.74 Å². The van der Waals surface area contributed by atoms with Gasteiger partial charge in [0.2, 0.25) is 0 Å². The lowest BCUT2D eigenvalue weighted by molar-refractivity contribution is 0.0667. The first-order valence-corrected chi connectivity index (χ1v) is 12.6. The zero-order valence-corrected chi connectivity index (χ0v) is 21.4. The summed E-state index contributed by atoms with van der Waals surface area (Å²) in [6, 6.07) is 15.4. The number of benzene rings is 2. The Bertz CT molecular complexity index is 924. The van der Waals surface area contributed by atoms with Crippen LogP contribution in [0.3, 0.4) is 0 Å². The summed E-state index contributed by atoms with van der Waals surface area (Å²) >= 11 is 1.39. The predicted molar refractivity (Wildman–Crippen MR) is 141 cm³/mol. The van der Waals surface area contributed by atoms with Crippen molar-refractivity contribution >= 4 is 34.5 Å². The molecule has 0 atom stereocenters. The van der Waals surface area contributed by atoms with Crippen LogP contribution in [0.1, 0.15) is 66.4 Å². The number of ether oxygens (including phenoxy) is 1. The van der Waals surface area contributed by atoms with Crippen LogP contribution in [0.2, 0.25) is 0 Å². The largest absolute Gasteiger partial charge is 0.379 e. The quantitative estimate of drug-likeness (QED) is 0.257. The van der Waals surface area contributed by atoms with E-state index < -0.39 is 0 Å². The molecule has 0 aliphatic carbocycles. The van der Waals surface area contributed by atoms with Gasteiger partial charge < -0.3 is 9.64 Å². The van der Waals surface area contributed by atoms with Crippen LogP contribution in [-0.2, 0) is 4.74 Å². The minimum Gasteiger partial charge on any atom is -0.379 e. The molecule has 0 radical (unpaired) electrons. The molecule has 0 aromatic heterocycles. The maximum Gasteiger partial charge on any atom is 0.107 e. The van der Waals surface area contributed by atoms with E-state index in [2.05, 4.69) is 79.8 Å². The van der Waals surface area contributed by atoms with Crippen LogP contribution in [0.5, 0.6) is 0 Å². The van der Waals surface area contributed by atoms with Gasteiger partial charge in [-0.05, 0) is 99.5 Å². The molecule has 0 aliphatic heterocycles. The molecule has 0 aliphatic rings. The van der Waals surface area contributed by atoms with Crippen molar-refractivity contribution in [2.75, 3.05) is 24.6 Å². The fraction of sp³-hybridized carbons (Fsp3) is 0.519. The van der Waals surface area contributed by atoms with Crippen LogP contribution in [0.4, 0.5) is 5.69 Å². The fourth-order valence-electron chi connectivity index (χ4n) is 3.48. The van der Waals surface area contributed by atoms with Crippen molar-refractivity contribution in [3.63, 3.8) is 0 Å². The molecule has 32 heavy (non-hydrogen) atoms. The number of hydrogen-bond acceptors (Lipinski definition) is 5. The number of fused-ring (bicyclic) bond motifs is 1. The lowest BCUT2D eigenvalue weighted by Gasteiger charge is -2.25. The van der Waals surface area contributed by atoms with Gasteiger partial charge in [0.05, 0.1) is 6.10 Å². The Kier molecular flexibility index (Phi) is 10.6. The molecule has 0 saturated carbocycles. The van der Waals surface area contributed by atoms with E-state index in [0.29, 0.717) is 11.5 Å². The first-order chi connectivity index (χ1) is 15.3. The molecule has 0 amide bonds. The summed E-state index contributed by atoms with van der Waals surface area (Å²) in [6.45, 7) is 15.7. The molecule has 0 fully saturated rings. The highest BCUT2D eigenvalue weighted by molar-refractivity contribution is 8.01. The van der Waals surface area contributed by atoms with E-state index in [9.17, 15) is 5.26 Å². The van der Waals surface area contributed by atoms with Gasteiger partial charge >= 0.3 is 0 Å². The second-order valence-corrected chi connectivity index (χ2v) is 10.0. The summed E-state index contributed by atoms with van der Waals surface area (Å²) in [7, 11) is 0. The topological polar surface area (TPSA) is 48.3 Å². The van der Waals surface area contributed by atoms with Gasteiger partial charge in [0.15, 0.2) is 0 Å². The van der Waals surface area contributed by atoms with Gasteiger partial charge in [0.25, 0.3) is 0 Å². The third kappa shape index (κ3) is 8.50. The molecule has 0 bridgehead atoms. The SMILES string of the molecule is CCCN(CCC)c1ccc2cc(/C=C(\C#N)SNC(C)(C)CCOC(C)C)ccc2c1. The van der Waals surface area contributed by atoms with E-state index in [0.717, 1.165) is 37.9 Å². The van der Waals surface area contributed by atoms with Crippen molar-refractivity contribution in [1.29, 1.82) is 5.26 Å². The van der Waals surface area contributed by atoms with Crippen molar-refractivity contribution in [1.82, 2.24) is 4.72 Å². The Labute approximate surface area is 199 Å². The summed E-state index contributed by atoms with van der Waals surface area (Å²) in [5, 5.41) is 12.1. The highest BCUT2D eigenvalue weighted by Gasteiger charge is 2.18. The highest BCUT2D eigenvalue weighted by atomic mass is 32.2. The maximum atomic E-state index is 9.64. The number of nitrogens with one attached hydrogen (secondary N) is 1. The molecular formula is C27H39N3OS. The van der Waals surface area contributed by atoms with Crippen LogP contribution in [0.15, 0.2) is 41.3 Å². The van der Waals surface area contributed by atoms with Crippen molar-refractivity contribution in [2.24, 2.45) is 0 Å². The van der Waals surface area contributed by atoms with E-state index in [1.807, 2.05) is 19.9 Å². The lowest BCUT2D eigenvalue weighted by atomic mass is 10.0. The number of allylic oxidation sites excluding steroid dienone is 1. The normalized spacial score (nSPS) is 12.4. The van der Waals surface area contributed by atoms with E-state index >= 15 is 0 Å². The van der Waals surface area contributed by atoms with Gasteiger partial charge in [-0.25, -0.2) is 0 Å². The smallest absolute Gasteiger partial charge is 0.107 e. The van der Waals surface area contributed by atoms with Crippen LogP contribution in [-0.4, -0.2) is 31.3 Å². The molecule has 1 N–H and O–H groups in total. The molecule has 5 heteroatoms. The Hall–Kier alpha value is -2.00. The first kappa shape index (κ1) is 26.3. The molecule has 2 aromatic carbocycles. The second kappa shape index (κ2) is 12.9. The third-order valence-corrected chi connectivity index (χ3v) is 6.31. The van der Waals surface area contributed by atoms with E-state index in [1.165, 1.54) is 28.4 Å². The predicted octanol–water partition coefficient (Wildman–Crippen LogP) is 7.16. The van der Waals surface area contributed by atoms with Crippen LogP contribution in [0, 0.1) is 11.3 Å². The standard InChI is InChI=1S/C27H39N3OS/c1-7-14-30(15-8-2)25-12-11-23-17-22(9-10-24(23)19-25)18-26(20-28)32-29-27(5,6)13-16-31-21(3)4/h9-12,17-19,21,29H,7-8,13-16H2,1-6H3/b26-18+. The first-order valence-electron chi connectivity index (χ1n) is 11.7. The summed E-state index contributed by atoms with van der Waals surface area (Å²) in [5.74, 6) is 0. The van der Waals surface area contributed by atoms with Gasteiger partial charge in [-0.2, -0.15) is 5.26 Å². The molecule has 0 spiro atoms. The Morgan fingerprint density at radius 2 is 1.78 bits per heavy atom. The van der Waals surface area contributed by atoms with Crippen molar-refractivity contribution in [2.45, 2.75) is 72.4 Å². The van der Waals surface area contributed by atoms with Gasteiger partial charge in [-0.3, -0.25) is 4.72 Å².